The second-order valence-electron chi connectivity index (χ2n) is 13.9. The molecule has 0 N–H and O–H groups in total. The number of ether oxygens (including phenoxy) is 3. The zero-order valence-corrected chi connectivity index (χ0v) is 34.7. The van der Waals surface area contributed by atoms with Crippen LogP contribution in [-0.4, -0.2) is 37.2 Å². The SMILES string of the molecule is CC/C=C\C/C=C\C/C=C\C/C=C\C/C=C\CCC(=O)OCC(COC(=O)CCCCCC/C=C\CCCC)OC(=O)CCCCCC/C=C\CCCC. The van der Waals surface area contributed by atoms with Crippen LogP contribution in [0.2, 0.25) is 0 Å². The zero-order valence-electron chi connectivity index (χ0n) is 34.7. The Morgan fingerprint density at radius 3 is 1.22 bits per heavy atom. The third-order valence-corrected chi connectivity index (χ3v) is 8.62. The van der Waals surface area contributed by atoms with E-state index in [1.165, 1.54) is 25.7 Å². The lowest BCUT2D eigenvalue weighted by Crippen LogP contribution is -2.30. The van der Waals surface area contributed by atoms with Gasteiger partial charge in [-0.3, -0.25) is 14.4 Å². The largest absolute Gasteiger partial charge is 0.462 e. The van der Waals surface area contributed by atoms with Crippen LogP contribution >= 0.6 is 0 Å². The average molecular weight is 751 g/mol. The fraction of sp³-hybridized carbons (Fsp3) is 0.646. The lowest BCUT2D eigenvalue weighted by Gasteiger charge is -2.18. The van der Waals surface area contributed by atoms with Gasteiger partial charge in [0.05, 0.1) is 0 Å². The molecule has 6 nitrogen and oxygen atoms in total. The summed E-state index contributed by atoms with van der Waals surface area (Å²) in [6, 6.07) is 0. The van der Waals surface area contributed by atoms with Crippen molar-refractivity contribution >= 4 is 17.9 Å². The summed E-state index contributed by atoms with van der Waals surface area (Å²) in [7, 11) is 0. The molecule has 0 saturated carbocycles. The van der Waals surface area contributed by atoms with Crippen LogP contribution in [0.1, 0.15) is 181 Å². The van der Waals surface area contributed by atoms with Gasteiger partial charge >= 0.3 is 17.9 Å². The summed E-state index contributed by atoms with van der Waals surface area (Å²) in [4.78, 5) is 37.6. The second-order valence-corrected chi connectivity index (χ2v) is 13.9. The highest BCUT2D eigenvalue weighted by molar-refractivity contribution is 5.71. The van der Waals surface area contributed by atoms with Gasteiger partial charge in [-0.1, -0.05) is 157 Å². The highest BCUT2D eigenvalue weighted by Gasteiger charge is 2.19. The summed E-state index contributed by atoms with van der Waals surface area (Å²) < 4.78 is 16.5. The lowest BCUT2D eigenvalue weighted by molar-refractivity contribution is -0.166. The normalized spacial score (nSPS) is 12.9. The third kappa shape index (κ3) is 39.8. The fourth-order valence-corrected chi connectivity index (χ4v) is 5.33. The number of carbonyl (C=O) groups is 3. The molecule has 306 valence electrons. The van der Waals surface area contributed by atoms with E-state index in [2.05, 4.69) is 93.7 Å². The predicted octanol–water partition coefficient (Wildman–Crippen LogP) is 13.7. The van der Waals surface area contributed by atoms with E-state index in [0.717, 1.165) is 109 Å². The van der Waals surface area contributed by atoms with Crippen LogP contribution in [0.5, 0.6) is 0 Å². The molecule has 0 aliphatic carbocycles. The van der Waals surface area contributed by atoms with E-state index < -0.39 is 6.10 Å². The van der Waals surface area contributed by atoms with E-state index in [0.29, 0.717) is 19.3 Å². The molecule has 0 bridgehead atoms. The van der Waals surface area contributed by atoms with Gasteiger partial charge in [0.2, 0.25) is 0 Å². The molecule has 0 amide bonds. The van der Waals surface area contributed by atoms with Crippen molar-refractivity contribution in [2.75, 3.05) is 13.2 Å². The van der Waals surface area contributed by atoms with Gasteiger partial charge in [-0.2, -0.15) is 0 Å². The maximum Gasteiger partial charge on any atom is 0.306 e. The molecule has 0 aliphatic heterocycles. The zero-order chi connectivity index (χ0) is 39.4. The summed E-state index contributed by atoms with van der Waals surface area (Å²) in [5, 5.41) is 0. The molecule has 0 saturated heterocycles. The van der Waals surface area contributed by atoms with Crippen LogP contribution in [0.4, 0.5) is 0 Å². The molecule has 0 radical (unpaired) electrons. The molecule has 0 rings (SSSR count). The molecule has 0 aromatic carbocycles. The first-order valence-electron chi connectivity index (χ1n) is 21.6. The summed E-state index contributed by atoms with van der Waals surface area (Å²) in [6.45, 7) is 6.31. The van der Waals surface area contributed by atoms with Gasteiger partial charge < -0.3 is 14.2 Å². The minimum atomic E-state index is -0.813. The first kappa shape index (κ1) is 50.6. The van der Waals surface area contributed by atoms with E-state index in [4.69, 9.17) is 14.2 Å². The highest BCUT2D eigenvalue weighted by Crippen LogP contribution is 2.11. The monoisotopic (exact) mass is 751 g/mol. The molecule has 0 aromatic heterocycles. The van der Waals surface area contributed by atoms with Crippen LogP contribution in [0.3, 0.4) is 0 Å². The smallest absolute Gasteiger partial charge is 0.306 e. The highest BCUT2D eigenvalue weighted by atomic mass is 16.6. The van der Waals surface area contributed by atoms with E-state index in [1.807, 2.05) is 12.2 Å². The van der Waals surface area contributed by atoms with Crippen LogP contribution < -0.4 is 0 Å². The molecular weight excluding hydrogens is 673 g/mol. The van der Waals surface area contributed by atoms with Gasteiger partial charge in [-0.25, -0.2) is 0 Å². The molecule has 0 aliphatic rings. The number of hydrogen-bond donors (Lipinski definition) is 0. The number of carbonyl (C=O) groups excluding carboxylic acids is 3. The van der Waals surface area contributed by atoms with E-state index in [-0.39, 0.29) is 37.5 Å². The lowest BCUT2D eigenvalue weighted by atomic mass is 10.1. The Morgan fingerprint density at radius 2 is 0.759 bits per heavy atom. The molecule has 1 unspecified atom stereocenters. The van der Waals surface area contributed by atoms with Crippen molar-refractivity contribution in [3.05, 3.63) is 85.1 Å². The van der Waals surface area contributed by atoms with Crippen LogP contribution in [0, 0.1) is 0 Å². The molecule has 6 heteroatoms. The van der Waals surface area contributed by atoms with Crippen molar-refractivity contribution in [2.24, 2.45) is 0 Å². The maximum atomic E-state index is 12.6. The topological polar surface area (TPSA) is 78.9 Å². The van der Waals surface area contributed by atoms with Crippen LogP contribution in [-0.2, 0) is 28.6 Å². The quantitative estimate of drug-likeness (QED) is 0.0272. The average Bonchev–Trinajstić information content (AvgIpc) is 3.17. The Labute approximate surface area is 331 Å². The number of esters is 3. The molecule has 1 atom stereocenters. The van der Waals surface area contributed by atoms with Gasteiger partial charge in [-0.05, 0) is 89.9 Å². The standard InChI is InChI=1S/C48H78O6/c1-4-7-10-13-16-19-22-23-24-25-26-27-30-32-35-38-41-47(50)53-44-45(54-48(51)42-39-36-33-29-21-18-15-12-9-6-3)43-52-46(49)40-37-34-31-28-20-17-14-11-8-5-2/h7,10,14-19,23-24,26-27,32,35,45H,4-6,8-9,11-13,20-22,25,28-31,33-34,36-44H2,1-3H3/b10-7-,17-14-,18-15-,19-16-,24-23-,27-26-,35-32-. The Balaban J connectivity index is 4.52. The molecule has 54 heavy (non-hydrogen) atoms. The molecule has 0 heterocycles. The van der Waals surface area contributed by atoms with Crippen molar-refractivity contribution in [3.8, 4) is 0 Å². The summed E-state index contributed by atoms with van der Waals surface area (Å²) >= 11 is 0. The van der Waals surface area contributed by atoms with Gasteiger partial charge in [0.25, 0.3) is 0 Å². The summed E-state index contributed by atoms with van der Waals surface area (Å²) in [5.74, 6) is -1.04. The first-order valence-corrected chi connectivity index (χ1v) is 21.6. The minimum Gasteiger partial charge on any atom is -0.462 e. The van der Waals surface area contributed by atoms with Crippen LogP contribution in [0.15, 0.2) is 85.1 Å². The van der Waals surface area contributed by atoms with Gasteiger partial charge in [0.1, 0.15) is 13.2 Å². The van der Waals surface area contributed by atoms with Crippen molar-refractivity contribution in [1.29, 1.82) is 0 Å². The van der Waals surface area contributed by atoms with Crippen molar-refractivity contribution in [1.82, 2.24) is 0 Å². The van der Waals surface area contributed by atoms with Crippen molar-refractivity contribution < 1.29 is 28.6 Å². The minimum absolute atomic E-state index is 0.112. The van der Waals surface area contributed by atoms with Crippen molar-refractivity contribution in [2.45, 2.75) is 187 Å². The summed E-state index contributed by atoms with van der Waals surface area (Å²) in [6.07, 6.45) is 53.0. The van der Waals surface area contributed by atoms with Crippen LogP contribution in [0.25, 0.3) is 0 Å². The van der Waals surface area contributed by atoms with E-state index >= 15 is 0 Å². The molecular formula is C48H78O6. The Bertz CT molecular complexity index is 1090. The predicted molar refractivity (Wildman–Crippen MR) is 228 cm³/mol. The molecule has 0 fully saturated rings. The van der Waals surface area contributed by atoms with Crippen molar-refractivity contribution in [3.63, 3.8) is 0 Å². The van der Waals surface area contributed by atoms with E-state index in [1.54, 1.807) is 0 Å². The van der Waals surface area contributed by atoms with Gasteiger partial charge in [0, 0.05) is 19.3 Å². The first-order chi connectivity index (χ1) is 26.5. The third-order valence-electron chi connectivity index (χ3n) is 8.62. The summed E-state index contributed by atoms with van der Waals surface area (Å²) in [5.41, 5.74) is 0. The van der Waals surface area contributed by atoms with Gasteiger partial charge in [-0.15, -0.1) is 0 Å². The Hall–Kier alpha value is -3.41. The Kier molecular flexibility index (Phi) is 39.7. The number of hydrogen-bond acceptors (Lipinski definition) is 6. The molecule has 0 spiro atoms. The Morgan fingerprint density at radius 1 is 0.389 bits per heavy atom. The number of unbranched alkanes of at least 4 members (excludes halogenated alkanes) is 12. The second kappa shape index (κ2) is 42.3. The number of rotatable bonds is 37. The van der Waals surface area contributed by atoms with E-state index in [9.17, 15) is 14.4 Å². The fourth-order valence-electron chi connectivity index (χ4n) is 5.33. The number of allylic oxidation sites excluding steroid dienone is 14. The van der Waals surface area contributed by atoms with Gasteiger partial charge in [0.15, 0.2) is 6.10 Å². The maximum absolute atomic E-state index is 12.6. The molecule has 0 aromatic rings.